The number of urea groups is 1. The van der Waals surface area contributed by atoms with E-state index in [0.29, 0.717) is 7.11 Å². The minimum atomic E-state index is -5.23. The van der Waals surface area contributed by atoms with E-state index in [2.05, 4.69) is 19.8 Å². The van der Waals surface area contributed by atoms with Gasteiger partial charge in [-0.25, -0.2) is 14.6 Å². The molecule has 1 aromatic rings. The zero-order valence-corrected chi connectivity index (χ0v) is 12.7. The van der Waals surface area contributed by atoms with Gasteiger partial charge in [0.25, 0.3) is 0 Å². The van der Waals surface area contributed by atoms with Gasteiger partial charge >= 0.3 is 23.9 Å². The molecule has 1 rings (SSSR count). The largest absolute Gasteiger partial charge is 0.462 e. The van der Waals surface area contributed by atoms with Crippen molar-refractivity contribution >= 4 is 17.8 Å². The summed E-state index contributed by atoms with van der Waals surface area (Å²) in [6.45, 7) is 2.72. The highest BCUT2D eigenvalue weighted by atomic mass is 19.4. The minimum Gasteiger partial charge on any atom is -0.462 e. The number of rotatable bonds is 5. The lowest BCUT2D eigenvalue weighted by Gasteiger charge is -2.32. The van der Waals surface area contributed by atoms with E-state index in [0.717, 1.165) is 5.56 Å². The molecule has 0 aliphatic rings. The molecule has 0 aromatic carbocycles. The van der Waals surface area contributed by atoms with Crippen molar-refractivity contribution in [3.63, 3.8) is 0 Å². The second-order valence-corrected chi connectivity index (χ2v) is 4.40. The molecular formula is C13H16F3N3O4. The van der Waals surface area contributed by atoms with Crippen LogP contribution < -0.4 is 10.6 Å². The fraction of sp³-hybridized carbons (Fsp3) is 0.462. The number of alkyl halides is 3. The maximum atomic E-state index is 13.2. The van der Waals surface area contributed by atoms with Crippen LogP contribution in [0.2, 0.25) is 0 Å². The van der Waals surface area contributed by atoms with Crippen LogP contribution in [0, 0.1) is 6.92 Å². The van der Waals surface area contributed by atoms with E-state index in [1.54, 1.807) is 13.0 Å². The average molecular weight is 335 g/mol. The lowest BCUT2D eigenvalue weighted by molar-refractivity contribution is -0.276. The van der Waals surface area contributed by atoms with E-state index in [1.165, 1.54) is 24.5 Å². The Morgan fingerprint density at radius 2 is 2.00 bits per heavy atom. The Bertz CT molecular complexity index is 580. The molecule has 1 atom stereocenters. The van der Waals surface area contributed by atoms with Crippen molar-refractivity contribution in [2.45, 2.75) is 25.7 Å². The molecule has 7 nitrogen and oxygen atoms in total. The highest BCUT2D eigenvalue weighted by Gasteiger charge is 2.64. The number of pyridine rings is 1. The van der Waals surface area contributed by atoms with Gasteiger partial charge in [-0.05, 0) is 31.5 Å². The maximum Gasteiger partial charge on any atom is 0.448 e. The number of aromatic nitrogens is 1. The van der Waals surface area contributed by atoms with Crippen molar-refractivity contribution in [2.24, 2.45) is 0 Å². The smallest absolute Gasteiger partial charge is 0.448 e. The number of hydrogen-bond donors (Lipinski definition) is 2. The van der Waals surface area contributed by atoms with Crippen molar-refractivity contribution in [1.82, 2.24) is 10.3 Å². The number of ether oxygens (including phenoxy) is 2. The molecule has 0 saturated carbocycles. The van der Waals surface area contributed by atoms with Crippen LogP contribution >= 0.6 is 0 Å². The standard InChI is InChI=1S/C13H16F3N3O4/c1-4-23-10(20)12(22-3,13(14,15)16)19-11(21)18-9-7-8(2)5-6-17-9/h5-7H,4H2,1-3H3,(H2,17,18,19,21)/t12-/m1/s1. The number of nitrogens with zero attached hydrogens (tertiary/aromatic N) is 1. The third-order valence-electron chi connectivity index (χ3n) is 2.71. The van der Waals surface area contributed by atoms with Gasteiger partial charge in [-0.2, -0.15) is 13.2 Å². The molecule has 0 unspecified atom stereocenters. The average Bonchev–Trinajstić information content (AvgIpc) is 2.43. The number of hydrogen-bond acceptors (Lipinski definition) is 5. The van der Waals surface area contributed by atoms with Crippen LogP contribution in [-0.4, -0.2) is 42.6 Å². The molecule has 0 bridgehead atoms. The van der Waals surface area contributed by atoms with Crippen LogP contribution in [0.1, 0.15) is 12.5 Å². The number of amides is 2. The van der Waals surface area contributed by atoms with E-state index >= 15 is 0 Å². The normalized spacial score (nSPS) is 13.8. The highest BCUT2D eigenvalue weighted by Crippen LogP contribution is 2.32. The second kappa shape index (κ2) is 7.27. The predicted octanol–water partition coefficient (Wildman–Crippen LogP) is 1.98. The quantitative estimate of drug-likeness (QED) is 0.634. The first-order chi connectivity index (χ1) is 10.7. The monoisotopic (exact) mass is 335 g/mol. The van der Waals surface area contributed by atoms with Gasteiger partial charge in [0.05, 0.1) is 6.61 Å². The van der Waals surface area contributed by atoms with Gasteiger partial charge in [-0.1, -0.05) is 0 Å². The summed E-state index contributed by atoms with van der Waals surface area (Å²) >= 11 is 0. The summed E-state index contributed by atoms with van der Waals surface area (Å²) in [5.41, 5.74) is -2.88. The molecule has 2 N–H and O–H groups in total. The molecule has 1 aromatic heterocycles. The molecule has 0 aliphatic carbocycles. The topological polar surface area (TPSA) is 89.5 Å². The van der Waals surface area contributed by atoms with Gasteiger partial charge in [0.2, 0.25) is 0 Å². The summed E-state index contributed by atoms with van der Waals surface area (Å²) in [7, 11) is 0.635. The van der Waals surface area contributed by atoms with E-state index in [-0.39, 0.29) is 12.4 Å². The summed E-state index contributed by atoms with van der Waals surface area (Å²) in [5, 5.41) is 3.55. The van der Waals surface area contributed by atoms with Crippen LogP contribution in [0.3, 0.4) is 0 Å². The third kappa shape index (κ3) is 4.31. The number of anilines is 1. The Morgan fingerprint density at radius 3 is 2.48 bits per heavy atom. The third-order valence-corrected chi connectivity index (χ3v) is 2.71. The Kier molecular flexibility index (Phi) is 5.91. The lowest BCUT2D eigenvalue weighted by Crippen LogP contribution is -2.66. The molecule has 128 valence electrons. The Labute approximate surface area is 130 Å². The molecular weight excluding hydrogens is 319 g/mol. The van der Waals surface area contributed by atoms with Crippen LogP contribution in [0.25, 0.3) is 0 Å². The molecule has 0 aliphatic heterocycles. The SMILES string of the molecule is CCOC(=O)[C@@](NC(=O)Nc1cc(C)ccn1)(OC)C(F)(F)F. The fourth-order valence-corrected chi connectivity index (χ4v) is 1.63. The zero-order chi connectivity index (χ0) is 17.7. The lowest BCUT2D eigenvalue weighted by atomic mass is 10.2. The number of carbonyl (C=O) groups is 2. The first-order valence-electron chi connectivity index (χ1n) is 6.47. The summed E-state index contributed by atoms with van der Waals surface area (Å²) in [5.74, 6) is -1.76. The summed E-state index contributed by atoms with van der Waals surface area (Å²) < 4.78 is 48.3. The number of carbonyl (C=O) groups excluding carboxylic acids is 2. The van der Waals surface area contributed by atoms with E-state index < -0.39 is 23.9 Å². The van der Waals surface area contributed by atoms with Crippen molar-refractivity contribution in [1.29, 1.82) is 0 Å². The molecule has 2 amide bonds. The van der Waals surface area contributed by atoms with Gasteiger partial charge in [-0.15, -0.1) is 0 Å². The highest BCUT2D eigenvalue weighted by molar-refractivity contribution is 5.93. The first kappa shape index (κ1) is 18.7. The Morgan fingerprint density at radius 1 is 1.35 bits per heavy atom. The van der Waals surface area contributed by atoms with E-state index in [9.17, 15) is 22.8 Å². The van der Waals surface area contributed by atoms with Crippen LogP contribution in [0.15, 0.2) is 18.3 Å². The number of aryl methyl sites for hydroxylation is 1. The zero-order valence-electron chi connectivity index (χ0n) is 12.7. The molecule has 0 saturated heterocycles. The van der Waals surface area contributed by atoms with Crippen LogP contribution in [0.5, 0.6) is 0 Å². The molecule has 10 heteroatoms. The molecule has 0 radical (unpaired) electrons. The summed E-state index contributed by atoms with van der Waals surface area (Å²) in [6.07, 6.45) is -3.87. The fourth-order valence-electron chi connectivity index (χ4n) is 1.63. The second-order valence-electron chi connectivity index (χ2n) is 4.40. The molecule has 0 fully saturated rings. The van der Waals surface area contributed by atoms with Gasteiger partial charge in [0, 0.05) is 13.3 Å². The van der Waals surface area contributed by atoms with Gasteiger partial charge in [0.15, 0.2) is 0 Å². The van der Waals surface area contributed by atoms with Crippen LogP contribution in [0.4, 0.5) is 23.8 Å². The molecule has 0 spiro atoms. The molecule has 23 heavy (non-hydrogen) atoms. The van der Waals surface area contributed by atoms with Crippen molar-refractivity contribution in [3.05, 3.63) is 23.9 Å². The molecule has 1 heterocycles. The first-order valence-corrected chi connectivity index (χ1v) is 6.47. The van der Waals surface area contributed by atoms with Gasteiger partial charge < -0.3 is 9.47 Å². The summed E-state index contributed by atoms with van der Waals surface area (Å²) in [6, 6.07) is 1.75. The number of esters is 1. The van der Waals surface area contributed by atoms with Crippen molar-refractivity contribution in [3.8, 4) is 0 Å². The Balaban J connectivity index is 3.00. The predicted molar refractivity (Wildman–Crippen MR) is 73.6 cm³/mol. The number of halogens is 3. The summed E-state index contributed by atoms with van der Waals surface area (Å²) in [4.78, 5) is 27.2. The van der Waals surface area contributed by atoms with Crippen molar-refractivity contribution < 1.29 is 32.2 Å². The maximum absolute atomic E-state index is 13.2. The number of methoxy groups -OCH3 is 1. The van der Waals surface area contributed by atoms with E-state index in [1.807, 2.05) is 0 Å². The minimum absolute atomic E-state index is 0.0125. The number of nitrogens with one attached hydrogen (secondary N) is 2. The van der Waals surface area contributed by atoms with Crippen LogP contribution in [-0.2, 0) is 14.3 Å². The van der Waals surface area contributed by atoms with E-state index in [4.69, 9.17) is 0 Å². The van der Waals surface area contributed by atoms with Gasteiger partial charge in [-0.3, -0.25) is 10.6 Å². The van der Waals surface area contributed by atoms with Crippen molar-refractivity contribution in [2.75, 3.05) is 19.0 Å². The Hall–Kier alpha value is -2.36. The van der Waals surface area contributed by atoms with Gasteiger partial charge in [0.1, 0.15) is 5.82 Å².